The first kappa shape index (κ1) is 17.9. The van der Waals surface area contributed by atoms with Gasteiger partial charge in [0, 0.05) is 26.1 Å². The molecule has 130 valence electrons. The van der Waals surface area contributed by atoms with Gasteiger partial charge < -0.3 is 19.8 Å². The second-order valence-electron chi connectivity index (χ2n) is 5.48. The molecule has 1 aromatic heterocycles. The van der Waals surface area contributed by atoms with E-state index in [1.165, 1.54) is 5.56 Å². The molecule has 0 fully saturated rings. The van der Waals surface area contributed by atoms with E-state index in [2.05, 4.69) is 28.6 Å². The number of furan rings is 1. The summed E-state index contributed by atoms with van der Waals surface area (Å²) in [5.74, 6) is 2.75. The molecule has 0 unspecified atom stereocenters. The first-order valence-corrected chi connectivity index (χ1v) is 8.50. The molecule has 0 aliphatic heterocycles. The van der Waals surface area contributed by atoms with Crippen molar-refractivity contribution >= 4 is 5.96 Å². The van der Waals surface area contributed by atoms with Crippen LogP contribution in [0.3, 0.4) is 0 Å². The van der Waals surface area contributed by atoms with Crippen LogP contribution in [0.2, 0.25) is 0 Å². The molecule has 0 saturated carbocycles. The first-order chi connectivity index (χ1) is 11.8. The van der Waals surface area contributed by atoms with Crippen molar-refractivity contribution in [3.63, 3.8) is 0 Å². The number of aliphatic imine (C=N–C) groups is 1. The van der Waals surface area contributed by atoms with E-state index in [4.69, 9.17) is 9.15 Å². The highest BCUT2D eigenvalue weighted by molar-refractivity contribution is 5.79. The van der Waals surface area contributed by atoms with Gasteiger partial charge in [-0.1, -0.05) is 25.1 Å². The van der Waals surface area contributed by atoms with Crippen molar-refractivity contribution in [1.29, 1.82) is 0 Å². The third-order valence-corrected chi connectivity index (χ3v) is 3.62. The molecule has 0 spiro atoms. The van der Waals surface area contributed by atoms with Crippen LogP contribution in [0.1, 0.15) is 24.7 Å². The number of nitrogens with zero attached hydrogens (tertiary/aromatic N) is 1. The molecule has 0 atom stereocenters. The van der Waals surface area contributed by atoms with E-state index in [1.807, 2.05) is 30.3 Å². The number of nitrogens with one attached hydrogen (secondary N) is 2. The van der Waals surface area contributed by atoms with Gasteiger partial charge in [-0.15, -0.1) is 0 Å². The Labute approximate surface area is 144 Å². The molecular formula is C19H27N3O2. The van der Waals surface area contributed by atoms with Crippen LogP contribution in [-0.4, -0.2) is 32.7 Å². The van der Waals surface area contributed by atoms with E-state index < -0.39 is 0 Å². The van der Waals surface area contributed by atoms with E-state index in [1.54, 1.807) is 13.4 Å². The molecule has 2 N–H and O–H groups in total. The topological polar surface area (TPSA) is 58.8 Å². The highest BCUT2D eigenvalue weighted by Gasteiger charge is 2.03. The van der Waals surface area contributed by atoms with E-state index >= 15 is 0 Å². The number of para-hydroxylation sites is 1. The van der Waals surface area contributed by atoms with E-state index in [0.29, 0.717) is 0 Å². The second-order valence-corrected chi connectivity index (χ2v) is 5.48. The van der Waals surface area contributed by atoms with Gasteiger partial charge in [0.15, 0.2) is 5.96 Å². The Balaban J connectivity index is 1.80. The molecule has 0 bridgehead atoms. The molecule has 5 nitrogen and oxygen atoms in total. The molecule has 0 saturated heterocycles. The van der Waals surface area contributed by atoms with Crippen molar-refractivity contribution in [2.45, 2.75) is 26.2 Å². The lowest BCUT2D eigenvalue weighted by atomic mass is 10.1. The zero-order valence-corrected chi connectivity index (χ0v) is 14.5. The number of hydrogen-bond donors (Lipinski definition) is 2. The summed E-state index contributed by atoms with van der Waals surface area (Å²) in [5.41, 5.74) is 1.19. The van der Waals surface area contributed by atoms with E-state index in [9.17, 15) is 0 Å². The third kappa shape index (κ3) is 5.99. The zero-order chi connectivity index (χ0) is 17.0. The summed E-state index contributed by atoms with van der Waals surface area (Å²) in [4.78, 5) is 4.57. The molecule has 1 aromatic carbocycles. The van der Waals surface area contributed by atoms with Gasteiger partial charge in [0.05, 0.1) is 13.4 Å². The van der Waals surface area contributed by atoms with Crippen molar-refractivity contribution in [2.24, 2.45) is 4.99 Å². The van der Waals surface area contributed by atoms with Crippen LogP contribution in [-0.2, 0) is 12.8 Å². The largest absolute Gasteiger partial charge is 0.496 e. The maximum absolute atomic E-state index is 5.39. The van der Waals surface area contributed by atoms with Crippen molar-refractivity contribution in [1.82, 2.24) is 10.6 Å². The van der Waals surface area contributed by atoms with E-state index in [0.717, 1.165) is 56.4 Å². The molecule has 5 heteroatoms. The Morgan fingerprint density at radius 3 is 2.58 bits per heavy atom. The smallest absolute Gasteiger partial charge is 0.191 e. The Morgan fingerprint density at radius 2 is 1.88 bits per heavy atom. The quantitative estimate of drug-likeness (QED) is 0.548. The highest BCUT2D eigenvalue weighted by Crippen LogP contribution is 2.17. The maximum atomic E-state index is 5.39. The number of rotatable bonds is 9. The summed E-state index contributed by atoms with van der Waals surface area (Å²) in [6, 6.07) is 12.0. The summed E-state index contributed by atoms with van der Waals surface area (Å²) in [7, 11) is 1.70. The van der Waals surface area contributed by atoms with Crippen LogP contribution < -0.4 is 15.4 Å². The predicted octanol–water partition coefficient (Wildman–Crippen LogP) is 3.02. The normalized spacial score (nSPS) is 11.3. The van der Waals surface area contributed by atoms with Gasteiger partial charge in [-0.2, -0.15) is 0 Å². The van der Waals surface area contributed by atoms with E-state index in [-0.39, 0.29) is 0 Å². The average molecular weight is 329 g/mol. The second kappa shape index (κ2) is 10.4. The number of guanidine groups is 1. The van der Waals surface area contributed by atoms with Crippen molar-refractivity contribution < 1.29 is 9.15 Å². The molecule has 24 heavy (non-hydrogen) atoms. The third-order valence-electron chi connectivity index (χ3n) is 3.62. The Kier molecular flexibility index (Phi) is 7.74. The predicted molar refractivity (Wildman–Crippen MR) is 97.7 cm³/mol. The van der Waals surface area contributed by atoms with Gasteiger partial charge >= 0.3 is 0 Å². The zero-order valence-electron chi connectivity index (χ0n) is 14.5. The van der Waals surface area contributed by atoms with Gasteiger partial charge in [0.25, 0.3) is 0 Å². The summed E-state index contributed by atoms with van der Waals surface area (Å²) in [6.45, 7) is 4.53. The van der Waals surface area contributed by atoms with Gasteiger partial charge in [0.2, 0.25) is 0 Å². The monoisotopic (exact) mass is 329 g/mol. The first-order valence-electron chi connectivity index (χ1n) is 8.50. The number of hydrogen-bond acceptors (Lipinski definition) is 3. The fraction of sp³-hybridized carbons (Fsp3) is 0.421. The fourth-order valence-corrected chi connectivity index (χ4v) is 2.38. The highest BCUT2D eigenvalue weighted by atomic mass is 16.5. The molecule has 0 amide bonds. The maximum Gasteiger partial charge on any atom is 0.191 e. The molecule has 1 heterocycles. The van der Waals surface area contributed by atoms with Crippen LogP contribution in [0.25, 0.3) is 0 Å². The lowest BCUT2D eigenvalue weighted by Gasteiger charge is -2.13. The number of benzene rings is 1. The standard InChI is InChI=1S/C19H27N3O2/c1-3-12-20-19(22-14-11-17-8-6-15-24-17)21-13-10-16-7-4-5-9-18(16)23-2/h4-9,15H,3,10-14H2,1-2H3,(H2,20,21,22). The number of methoxy groups -OCH3 is 1. The summed E-state index contributed by atoms with van der Waals surface area (Å²) < 4.78 is 10.7. The molecule has 2 rings (SSSR count). The minimum atomic E-state index is 0.789. The molecule has 2 aromatic rings. The summed E-state index contributed by atoms with van der Waals surface area (Å²) in [5, 5.41) is 6.74. The van der Waals surface area contributed by atoms with Crippen molar-refractivity contribution in [3.05, 3.63) is 54.0 Å². The Bertz CT molecular complexity index is 609. The minimum Gasteiger partial charge on any atom is -0.496 e. The van der Waals surface area contributed by atoms with Crippen LogP contribution in [0.15, 0.2) is 52.1 Å². The van der Waals surface area contributed by atoms with Crippen LogP contribution >= 0.6 is 0 Å². The average Bonchev–Trinajstić information content (AvgIpc) is 3.13. The van der Waals surface area contributed by atoms with Gasteiger partial charge in [0.1, 0.15) is 11.5 Å². The molecule has 0 aliphatic rings. The Morgan fingerprint density at radius 1 is 1.08 bits per heavy atom. The number of ether oxygens (including phenoxy) is 1. The lowest BCUT2D eigenvalue weighted by Crippen LogP contribution is -2.39. The van der Waals surface area contributed by atoms with Crippen LogP contribution in [0.5, 0.6) is 5.75 Å². The van der Waals surface area contributed by atoms with Gasteiger partial charge in [-0.3, -0.25) is 4.99 Å². The lowest BCUT2D eigenvalue weighted by molar-refractivity contribution is 0.409. The van der Waals surface area contributed by atoms with Crippen molar-refractivity contribution in [3.8, 4) is 5.75 Å². The minimum absolute atomic E-state index is 0.789. The summed E-state index contributed by atoms with van der Waals surface area (Å²) in [6.07, 6.45) is 4.45. The Hall–Kier alpha value is -2.43. The van der Waals surface area contributed by atoms with Gasteiger partial charge in [-0.05, 0) is 36.6 Å². The SMILES string of the molecule is CCCN=C(NCCc1ccco1)NCCc1ccccc1OC. The van der Waals surface area contributed by atoms with Crippen molar-refractivity contribution in [2.75, 3.05) is 26.7 Å². The molecular weight excluding hydrogens is 302 g/mol. The van der Waals surface area contributed by atoms with Crippen LogP contribution in [0.4, 0.5) is 0 Å². The molecule has 0 aliphatic carbocycles. The molecule has 0 radical (unpaired) electrons. The summed E-state index contributed by atoms with van der Waals surface area (Å²) >= 11 is 0. The van der Waals surface area contributed by atoms with Crippen LogP contribution in [0, 0.1) is 0 Å². The van der Waals surface area contributed by atoms with Gasteiger partial charge in [-0.25, -0.2) is 0 Å². The fourth-order valence-electron chi connectivity index (χ4n) is 2.38.